The van der Waals surface area contributed by atoms with Crippen molar-refractivity contribution in [2.75, 3.05) is 6.61 Å². The normalized spacial score (nSPS) is 10.9. The summed E-state index contributed by atoms with van der Waals surface area (Å²) < 4.78 is 12.3. The molecule has 0 aliphatic heterocycles. The van der Waals surface area contributed by atoms with E-state index in [0.717, 1.165) is 0 Å². The molecule has 0 aliphatic rings. The maximum Gasteiger partial charge on any atom is 0.350 e. The molecule has 0 amide bonds. The van der Waals surface area contributed by atoms with E-state index in [4.69, 9.17) is 9.47 Å². The van der Waals surface area contributed by atoms with Crippen LogP contribution in [0.15, 0.2) is 18.3 Å². The number of nitriles is 1. The van der Waals surface area contributed by atoms with Crippen LogP contribution in [0.2, 0.25) is 0 Å². The number of aromatic nitrogens is 3. The van der Waals surface area contributed by atoms with Gasteiger partial charge in [0.1, 0.15) is 16.7 Å². The van der Waals surface area contributed by atoms with Gasteiger partial charge < -0.3 is 9.47 Å². The van der Waals surface area contributed by atoms with E-state index in [2.05, 4.69) is 16.2 Å². The largest absolute Gasteiger partial charge is 0.491 e. The third kappa shape index (κ3) is 3.39. The lowest BCUT2D eigenvalue weighted by molar-refractivity contribution is 0.0531. The van der Waals surface area contributed by atoms with Crippen LogP contribution in [0.1, 0.15) is 41.7 Å². The van der Waals surface area contributed by atoms with E-state index in [1.54, 1.807) is 36.9 Å². The fourth-order valence-corrected chi connectivity index (χ4v) is 3.38. The van der Waals surface area contributed by atoms with Gasteiger partial charge in [-0.1, -0.05) is 11.3 Å². The van der Waals surface area contributed by atoms with Gasteiger partial charge in [0.25, 0.3) is 0 Å². The highest BCUT2D eigenvalue weighted by Crippen LogP contribution is 2.28. The Balaban J connectivity index is 2.06. The molecule has 0 radical (unpaired) electrons. The van der Waals surface area contributed by atoms with E-state index >= 15 is 0 Å². The third-order valence-electron chi connectivity index (χ3n) is 3.53. The van der Waals surface area contributed by atoms with Gasteiger partial charge in [0.2, 0.25) is 5.13 Å². The maximum atomic E-state index is 12.0. The molecule has 0 aliphatic carbocycles. The SMILES string of the molecule is CCOC(=O)c1sc(-n2cc3c(C#N)cc(OC(C)C)cc3n2)nc1C. The zero-order chi connectivity index (χ0) is 18.8. The van der Waals surface area contributed by atoms with Crippen LogP contribution in [-0.2, 0) is 4.74 Å². The minimum atomic E-state index is -0.393. The second-order valence-electron chi connectivity index (χ2n) is 5.89. The number of carbonyl (C=O) groups is 1. The lowest BCUT2D eigenvalue weighted by Crippen LogP contribution is -2.05. The number of ether oxygens (including phenoxy) is 2. The van der Waals surface area contributed by atoms with Gasteiger partial charge in [-0.15, -0.1) is 0 Å². The quantitative estimate of drug-likeness (QED) is 0.637. The Morgan fingerprint density at radius 3 is 2.85 bits per heavy atom. The van der Waals surface area contributed by atoms with Crippen molar-refractivity contribution in [1.29, 1.82) is 5.26 Å². The fourth-order valence-electron chi connectivity index (χ4n) is 2.49. The first kappa shape index (κ1) is 17.9. The van der Waals surface area contributed by atoms with Crippen molar-refractivity contribution in [3.8, 4) is 17.0 Å². The molecule has 0 spiro atoms. The summed E-state index contributed by atoms with van der Waals surface area (Å²) in [7, 11) is 0. The van der Waals surface area contributed by atoms with E-state index in [1.807, 2.05) is 13.8 Å². The molecule has 0 fully saturated rings. The smallest absolute Gasteiger partial charge is 0.350 e. The molecule has 1 aromatic carbocycles. The summed E-state index contributed by atoms with van der Waals surface area (Å²) in [5.41, 5.74) is 1.70. The number of thiazole rings is 1. The summed E-state index contributed by atoms with van der Waals surface area (Å²) in [4.78, 5) is 16.8. The van der Waals surface area contributed by atoms with Gasteiger partial charge in [-0.05, 0) is 33.8 Å². The zero-order valence-corrected chi connectivity index (χ0v) is 15.8. The van der Waals surface area contributed by atoms with Crippen LogP contribution in [0, 0.1) is 18.3 Å². The summed E-state index contributed by atoms with van der Waals surface area (Å²) in [6, 6.07) is 5.67. The van der Waals surface area contributed by atoms with Crippen LogP contribution >= 0.6 is 11.3 Å². The number of fused-ring (bicyclic) bond motifs is 1. The summed E-state index contributed by atoms with van der Waals surface area (Å²) in [5, 5.41) is 15.2. The summed E-state index contributed by atoms with van der Waals surface area (Å²) >= 11 is 1.20. The van der Waals surface area contributed by atoms with Crippen molar-refractivity contribution < 1.29 is 14.3 Å². The van der Waals surface area contributed by atoms with Gasteiger partial charge in [0, 0.05) is 17.6 Å². The second kappa shape index (κ2) is 7.14. The molecular formula is C18H18N4O3S. The summed E-state index contributed by atoms with van der Waals surface area (Å²) in [6.07, 6.45) is 1.73. The van der Waals surface area contributed by atoms with Crippen molar-refractivity contribution in [1.82, 2.24) is 14.8 Å². The predicted octanol–water partition coefficient (Wildman–Crippen LogP) is 3.63. The Morgan fingerprint density at radius 2 is 2.19 bits per heavy atom. The average molecular weight is 370 g/mol. The average Bonchev–Trinajstić information content (AvgIpc) is 3.17. The number of carbonyl (C=O) groups excluding carboxylic acids is 1. The molecule has 0 saturated heterocycles. The molecule has 2 aromatic heterocycles. The van der Waals surface area contributed by atoms with Crippen LogP contribution in [0.5, 0.6) is 5.75 Å². The molecule has 0 N–H and O–H groups in total. The molecule has 7 nitrogen and oxygen atoms in total. The van der Waals surface area contributed by atoms with Crippen LogP contribution in [-0.4, -0.2) is 33.4 Å². The number of nitrogens with zero attached hydrogens (tertiary/aromatic N) is 4. The molecular weight excluding hydrogens is 352 g/mol. The highest BCUT2D eigenvalue weighted by molar-refractivity contribution is 7.16. The second-order valence-corrected chi connectivity index (χ2v) is 6.86. The number of benzene rings is 1. The zero-order valence-electron chi connectivity index (χ0n) is 14.9. The van der Waals surface area contributed by atoms with Crippen molar-refractivity contribution in [2.24, 2.45) is 0 Å². The number of aryl methyl sites for hydroxylation is 1. The molecule has 0 unspecified atom stereocenters. The van der Waals surface area contributed by atoms with Crippen LogP contribution < -0.4 is 4.74 Å². The first-order chi connectivity index (χ1) is 12.4. The monoisotopic (exact) mass is 370 g/mol. The molecule has 3 aromatic rings. The van der Waals surface area contributed by atoms with Gasteiger partial charge in [0.05, 0.1) is 29.5 Å². The van der Waals surface area contributed by atoms with Gasteiger partial charge in [-0.2, -0.15) is 10.4 Å². The van der Waals surface area contributed by atoms with E-state index in [-0.39, 0.29) is 6.10 Å². The van der Waals surface area contributed by atoms with Crippen molar-refractivity contribution in [3.05, 3.63) is 34.5 Å². The molecule has 3 rings (SSSR count). The molecule has 0 bridgehead atoms. The van der Waals surface area contributed by atoms with E-state index in [0.29, 0.717) is 44.5 Å². The Morgan fingerprint density at radius 1 is 1.42 bits per heavy atom. The molecule has 8 heteroatoms. The fraction of sp³-hybridized carbons (Fsp3) is 0.333. The Kier molecular flexibility index (Phi) is 4.91. The Hall–Kier alpha value is -2.92. The van der Waals surface area contributed by atoms with E-state index in [9.17, 15) is 10.1 Å². The Bertz CT molecular complexity index is 1010. The molecule has 26 heavy (non-hydrogen) atoms. The first-order valence-electron chi connectivity index (χ1n) is 8.18. The third-order valence-corrected chi connectivity index (χ3v) is 4.66. The van der Waals surface area contributed by atoms with Crippen LogP contribution in [0.4, 0.5) is 0 Å². The molecule has 2 heterocycles. The first-order valence-corrected chi connectivity index (χ1v) is 8.99. The van der Waals surface area contributed by atoms with Crippen LogP contribution in [0.3, 0.4) is 0 Å². The van der Waals surface area contributed by atoms with Gasteiger partial charge >= 0.3 is 5.97 Å². The van der Waals surface area contributed by atoms with E-state index < -0.39 is 5.97 Å². The van der Waals surface area contributed by atoms with Crippen molar-refractivity contribution >= 4 is 28.2 Å². The van der Waals surface area contributed by atoms with Gasteiger partial charge in [-0.25, -0.2) is 14.5 Å². The molecule has 0 atom stereocenters. The summed E-state index contributed by atoms with van der Waals surface area (Å²) in [5.74, 6) is 0.202. The lowest BCUT2D eigenvalue weighted by atomic mass is 10.1. The predicted molar refractivity (Wildman–Crippen MR) is 97.9 cm³/mol. The summed E-state index contributed by atoms with van der Waals surface area (Å²) in [6.45, 7) is 7.66. The lowest BCUT2D eigenvalue weighted by Gasteiger charge is -2.09. The minimum Gasteiger partial charge on any atom is -0.491 e. The van der Waals surface area contributed by atoms with E-state index in [1.165, 1.54) is 11.3 Å². The Labute approximate surface area is 154 Å². The number of rotatable bonds is 5. The van der Waals surface area contributed by atoms with Crippen molar-refractivity contribution in [2.45, 2.75) is 33.8 Å². The standard InChI is InChI=1S/C18H18N4O3S/c1-5-24-17(23)16-11(4)20-18(26-16)22-9-14-12(8-19)6-13(25-10(2)3)7-15(14)21-22/h6-7,9-10H,5H2,1-4H3. The van der Waals surface area contributed by atoms with Gasteiger partial charge in [0.15, 0.2) is 0 Å². The molecule has 0 saturated carbocycles. The minimum absolute atomic E-state index is 0.00479. The maximum absolute atomic E-state index is 12.0. The highest BCUT2D eigenvalue weighted by Gasteiger charge is 2.19. The number of hydrogen-bond acceptors (Lipinski definition) is 7. The van der Waals surface area contributed by atoms with Crippen molar-refractivity contribution in [3.63, 3.8) is 0 Å². The topological polar surface area (TPSA) is 90.0 Å². The van der Waals surface area contributed by atoms with Gasteiger partial charge in [-0.3, -0.25) is 0 Å². The molecule has 134 valence electrons. The number of esters is 1. The highest BCUT2D eigenvalue weighted by atomic mass is 32.1. The number of hydrogen-bond donors (Lipinski definition) is 0. The van der Waals surface area contributed by atoms with Crippen LogP contribution in [0.25, 0.3) is 16.0 Å².